The summed E-state index contributed by atoms with van der Waals surface area (Å²) in [6.07, 6.45) is 3.74. The van der Waals surface area contributed by atoms with Gasteiger partial charge in [0.25, 0.3) is 0 Å². The zero-order chi connectivity index (χ0) is 12.4. The van der Waals surface area contributed by atoms with Crippen LogP contribution in [0.5, 0.6) is 11.5 Å². The largest absolute Gasteiger partial charge is 0.493 e. The fraction of sp³-hybridized carbons (Fsp3) is 0.538. The van der Waals surface area contributed by atoms with Crippen LogP contribution in [0.2, 0.25) is 0 Å². The maximum Gasteiger partial charge on any atom is 0.161 e. The monoisotopic (exact) mass is 335 g/mol. The molecule has 0 heterocycles. The van der Waals surface area contributed by atoms with E-state index in [2.05, 4.69) is 15.9 Å². The molecular weight excluding hydrogens is 318 g/mol. The Morgan fingerprint density at radius 2 is 1.78 bits per heavy atom. The molecule has 2 N–H and O–H groups in total. The number of methoxy groups -OCH3 is 2. The van der Waals surface area contributed by atoms with Crippen LogP contribution in [-0.2, 0) is 0 Å². The van der Waals surface area contributed by atoms with Gasteiger partial charge in [-0.2, -0.15) is 0 Å². The van der Waals surface area contributed by atoms with Crippen LogP contribution in [0.1, 0.15) is 30.9 Å². The van der Waals surface area contributed by atoms with Crippen LogP contribution in [0.3, 0.4) is 0 Å². The van der Waals surface area contributed by atoms with Crippen molar-refractivity contribution in [1.82, 2.24) is 0 Å². The molecule has 1 fully saturated rings. The van der Waals surface area contributed by atoms with E-state index in [1.807, 2.05) is 12.1 Å². The lowest BCUT2D eigenvalue weighted by molar-refractivity contribution is 0.263. The minimum absolute atomic E-state index is 0. The maximum atomic E-state index is 6.29. The molecule has 3 nitrogen and oxygen atoms in total. The molecule has 0 unspecified atom stereocenters. The van der Waals surface area contributed by atoms with Crippen LogP contribution >= 0.6 is 28.3 Å². The number of hydrogen-bond donors (Lipinski definition) is 1. The van der Waals surface area contributed by atoms with Crippen molar-refractivity contribution in [2.45, 2.75) is 25.3 Å². The predicted octanol–water partition coefficient (Wildman–Crippen LogP) is 3.69. The summed E-state index contributed by atoms with van der Waals surface area (Å²) in [5.74, 6) is 2.06. The average molecular weight is 337 g/mol. The second-order valence-electron chi connectivity index (χ2n) is 4.45. The van der Waals surface area contributed by atoms with E-state index in [1.54, 1.807) is 14.2 Å². The van der Waals surface area contributed by atoms with Crippen LogP contribution in [0.25, 0.3) is 0 Å². The highest BCUT2D eigenvalue weighted by Crippen LogP contribution is 2.42. The van der Waals surface area contributed by atoms with Gasteiger partial charge in [0.15, 0.2) is 11.5 Å². The first kappa shape index (κ1) is 15.6. The molecule has 5 heteroatoms. The van der Waals surface area contributed by atoms with Gasteiger partial charge in [0.2, 0.25) is 0 Å². The summed E-state index contributed by atoms with van der Waals surface area (Å²) in [4.78, 5) is 0. The first-order valence-electron chi connectivity index (χ1n) is 5.84. The molecule has 1 saturated carbocycles. The number of rotatable bonds is 4. The summed E-state index contributed by atoms with van der Waals surface area (Å²) in [7, 11) is 3.28. The molecular formula is C13H19BrClNO2. The molecule has 2 rings (SSSR count). The third-order valence-electron chi connectivity index (χ3n) is 3.52. The zero-order valence-electron chi connectivity index (χ0n) is 10.6. The van der Waals surface area contributed by atoms with Crippen molar-refractivity contribution in [3.05, 3.63) is 22.2 Å². The molecule has 18 heavy (non-hydrogen) atoms. The summed E-state index contributed by atoms with van der Waals surface area (Å²) >= 11 is 3.56. The molecule has 1 aliphatic carbocycles. The molecule has 1 aromatic rings. The Kier molecular flexibility index (Phi) is 5.76. The first-order chi connectivity index (χ1) is 8.17. The maximum absolute atomic E-state index is 6.29. The molecule has 0 aliphatic heterocycles. The van der Waals surface area contributed by atoms with Crippen molar-refractivity contribution in [2.24, 2.45) is 11.7 Å². The summed E-state index contributed by atoms with van der Waals surface area (Å²) in [6, 6.07) is 3.98. The Morgan fingerprint density at radius 1 is 1.22 bits per heavy atom. The fourth-order valence-electron chi connectivity index (χ4n) is 2.18. The van der Waals surface area contributed by atoms with Gasteiger partial charge < -0.3 is 15.2 Å². The van der Waals surface area contributed by atoms with Crippen LogP contribution in [0, 0.1) is 5.92 Å². The van der Waals surface area contributed by atoms with Gasteiger partial charge in [-0.05, 0) is 36.5 Å². The molecule has 0 amide bonds. The topological polar surface area (TPSA) is 44.5 Å². The van der Waals surface area contributed by atoms with Gasteiger partial charge in [-0.3, -0.25) is 0 Å². The molecule has 0 spiro atoms. The van der Waals surface area contributed by atoms with E-state index >= 15 is 0 Å². The van der Waals surface area contributed by atoms with E-state index in [0.717, 1.165) is 21.5 Å². The van der Waals surface area contributed by atoms with Crippen LogP contribution in [0.4, 0.5) is 0 Å². The lowest BCUT2D eigenvalue weighted by atomic mass is 9.77. The van der Waals surface area contributed by atoms with Crippen molar-refractivity contribution < 1.29 is 9.47 Å². The predicted molar refractivity (Wildman–Crippen MR) is 78.8 cm³/mol. The number of hydrogen-bond acceptors (Lipinski definition) is 3. The summed E-state index contributed by atoms with van der Waals surface area (Å²) in [5, 5.41) is 0. The molecule has 102 valence electrons. The molecule has 0 aromatic heterocycles. The second kappa shape index (κ2) is 6.64. The molecule has 0 radical (unpaired) electrons. The van der Waals surface area contributed by atoms with Crippen molar-refractivity contribution >= 4 is 28.3 Å². The van der Waals surface area contributed by atoms with Gasteiger partial charge in [0.05, 0.1) is 14.2 Å². The lowest BCUT2D eigenvalue weighted by Crippen LogP contribution is -2.27. The SMILES string of the molecule is COc1cc(Br)c([C@H](N)C2CCC2)cc1OC.Cl. The van der Waals surface area contributed by atoms with E-state index in [9.17, 15) is 0 Å². The number of benzene rings is 1. The second-order valence-corrected chi connectivity index (χ2v) is 5.30. The third-order valence-corrected chi connectivity index (χ3v) is 4.21. The number of nitrogens with two attached hydrogens (primary N) is 1. The Balaban J connectivity index is 0.00000162. The number of halogens is 2. The number of ether oxygens (including phenoxy) is 2. The molecule has 1 aromatic carbocycles. The Bertz CT molecular complexity index is 410. The summed E-state index contributed by atoms with van der Waals surface area (Å²) < 4.78 is 11.6. The van der Waals surface area contributed by atoms with Gasteiger partial charge in [0.1, 0.15) is 0 Å². The van der Waals surface area contributed by atoms with Gasteiger partial charge in [-0.15, -0.1) is 12.4 Å². The normalized spacial score (nSPS) is 16.4. The van der Waals surface area contributed by atoms with Crippen molar-refractivity contribution in [1.29, 1.82) is 0 Å². The molecule has 0 saturated heterocycles. The molecule has 0 bridgehead atoms. The van der Waals surface area contributed by atoms with Gasteiger partial charge >= 0.3 is 0 Å². The fourth-order valence-corrected chi connectivity index (χ4v) is 2.76. The van der Waals surface area contributed by atoms with Gasteiger partial charge in [-0.1, -0.05) is 22.4 Å². The highest BCUT2D eigenvalue weighted by Gasteiger charge is 2.27. The average Bonchev–Trinajstić information content (AvgIpc) is 2.26. The van der Waals surface area contributed by atoms with Crippen LogP contribution in [-0.4, -0.2) is 14.2 Å². The van der Waals surface area contributed by atoms with E-state index in [-0.39, 0.29) is 18.4 Å². The third kappa shape index (κ3) is 2.92. The van der Waals surface area contributed by atoms with E-state index in [0.29, 0.717) is 5.92 Å². The lowest BCUT2D eigenvalue weighted by Gasteiger charge is -2.32. The first-order valence-corrected chi connectivity index (χ1v) is 6.63. The Morgan fingerprint density at radius 3 is 2.22 bits per heavy atom. The van der Waals surface area contributed by atoms with E-state index < -0.39 is 0 Å². The summed E-state index contributed by atoms with van der Waals surface area (Å²) in [5.41, 5.74) is 7.39. The molecule has 1 atom stereocenters. The van der Waals surface area contributed by atoms with E-state index in [4.69, 9.17) is 15.2 Å². The standard InChI is InChI=1S/C13H18BrNO2.ClH/c1-16-11-6-9(10(14)7-12(11)17-2)13(15)8-4-3-5-8;/h6-8,13H,3-5,15H2,1-2H3;1H/t13-;/m1./s1. The van der Waals surface area contributed by atoms with Gasteiger partial charge in [0, 0.05) is 10.5 Å². The Labute approximate surface area is 123 Å². The van der Waals surface area contributed by atoms with Crippen LogP contribution in [0.15, 0.2) is 16.6 Å². The van der Waals surface area contributed by atoms with Gasteiger partial charge in [-0.25, -0.2) is 0 Å². The quantitative estimate of drug-likeness (QED) is 0.912. The summed E-state index contributed by atoms with van der Waals surface area (Å²) in [6.45, 7) is 0. The van der Waals surface area contributed by atoms with E-state index in [1.165, 1.54) is 19.3 Å². The van der Waals surface area contributed by atoms with Crippen molar-refractivity contribution in [3.63, 3.8) is 0 Å². The minimum Gasteiger partial charge on any atom is -0.493 e. The van der Waals surface area contributed by atoms with Crippen LogP contribution < -0.4 is 15.2 Å². The highest BCUT2D eigenvalue weighted by molar-refractivity contribution is 9.10. The minimum atomic E-state index is 0. The van der Waals surface area contributed by atoms with Crippen molar-refractivity contribution in [3.8, 4) is 11.5 Å². The Hall–Kier alpha value is -0.450. The molecule has 1 aliphatic rings. The zero-order valence-corrected chi connectivity index (χ0v) is 13.0. The highest BCUT2D eigenvalue weighted by atomic mass is 79.9. The smallest absolute Gasteiger partial charge is 0.161 e. The van der Waals surface area contributed by atoms with Crippen molar-refractivity contribution in [2.75, 3.05) is 14.2 Å².